The third-order valence-corrected chi connectivity index (χ3v) is 2.57. The topological polar surface area (TPSA) is 29.1 Å². The molecule has 0 spiro atoms. The van der Waals surface area contributed by atoms with Gasteiger partial charge in [-0.15, -0.1) is 0 Å². The third kappa shape index (κ3) is 2.20. The standard InChI is InChI=1S/C12H15NO/c1-9-4-2-3-5-11(9)12(14)8-13-10-6-7-10/h2-5,10,13H,6-8H2,1H3. The first-order valence-electron chi connectivity index (χ1n) is 5.09. The summed E-state index contributed by atoms with van der Waals surface area (Å²) in [5, 5.41) is 3.23. The van der Waals surface area contributed by atoms with Gasteiger partial charge in [-0.25, -0.2) is 0 Å². The first-order valence-corrected chi connectivity index (χ1v) is 5.09. The summed E-state index contributed by atoms with van der Waals surface area (Å²) in [6, 6.07) is 8.34. The number of hydrogen-bond donors (Lipinski definition) is 1. The molecule has 14 heavy (non-hydrogen) atoms. The molecule has 0 unspecified atom stereocenters. The van der Waals surface area contributed by atoms with E-state index in [-0.39, 0.29) is 5.78 Å². The molecule has 2 heteroatoms. The van der Waals surface area contributed by atoms with E-state index in [2.05, 4.69) is 5.32 Å². The fourth-order valence-corrected chi connectivity index (χ4v) is 1.51. The summed E-state index contributed by atoms with van der Waals surface area (Å²) < 4.78 is 0. The molecule has 1 aliphatic rings. The number of carbonyl (C=O) groups excluding carboxylic acids is 1. The van der Waals surface area contributed by atoms with Crippen molar-refractivity contribution in [1.82, 2.24) is 5.32 Å². The number of hydrogen-bond acceptors (Lipinski definition) is 2. The number of aryl methyl sites for hydroxylation is 1. The van der Waals surface area contributed by atoms with E-state index in [0.29, 0.717) is 12.6 Å². The second kappa shape index (κ2) is 3.93. The van der Waals surface area contributed by atoms with E-state index in [1.165, 1.54) is 12.8 Å². The van der Waals surface area contributed by atoms with E-state index in [9.17, 15) is 4.79 Å². The van der Waals surface area contributed by atoms with Crippen molar-refractivity contribution in [2.24, 2.45) is 0 Å². The maximum absolute atomic E-state index is 11.7. The van der Waals surface area contributed by atoms with Crippen LogP contribution in [0.5, 0.6) is 0 Å². The average molecular weight is 189 g/mol. The summed E-state index contributed by atoms with van der Waals surface area (Å²) in [4.78, 5) is 11.7. The minimum atomic E-state index is 0.204. The van der Waals surface area contributed by atoms with E-state index >= 15 is 0 Å². The minimum Gasteiger partial charge on any atom is -0.307 e. The van der Waals surface area contributed by atoms with Gasteiger partial charge in [-0.1, -0.05) is 24.3 Å². The number of nitrogens with one attached hydrogen (secondary N) is 1. The van der Waals surface area contributed by atoms with Gasteiger partial charge in [0.15, 0.2) is 5.78 Å². The molecule has 0 amide bonds. The highest BCUT2D eigenvalue weighted by molar-refractivity contribution is 5.98. The van der Waals surface area contributed by atoms with Crippen molar-refractivity contribution in [3.63, 3.8) is 0 Å². The molecule has 0 heterocycles. The van der Waals surface area contributed by atoms with Gasteiger partial charge in [-0.2, -0.15) is 0 Å². The van der Waals surface area contributed by atoms with Gasteiger partial charge in [-0.3, -0.25) is 4.79 Å². The van der Waals surface area contributed by atoms with E-state index in [4.69, 9.17) is 0 Å². The highest BCUT2D eigenvalue weighted by Gasteiger charge is 2.21. The van der Waals surface area contributed by atoms with Crippen LogP contribution in [0, 0.1) is 6.92 Å². The molecular weight excluding hydrogens is 174 g/mol. The molecule has 0 atom stereocenters. The van der Waals surface area contributed by atoms with Crippen LogP contribution in [-0.4, -0.2) is 18.4 Å². The lowest BCUT2D eigenvalue weighted by molar-refractivity contribution is 0.0990. The zero-order valence-corrected chi connectivity index (χ0v) is 8.42. The van der Waals surface area contributed by atoms with Crippen LogP contribution in [-0.2, 0) is 0 Å². The number of ketones is 1. The fraction of sp³-hybridized carbons (Fsp3) is 0.417. The Labute approximate surface area is 84.3 Å². The normalized spacial score (nSPS) is 15.5. The van der Waals surface area contributed by atoms with Crippen LogP contribution in [0.15, 0.2) is 24.3 Å². The molecule has 74 valence electrons. The van der Waals surface area contributed by atoms with Gasteiger partial charge in [0, 0.05) is 11.6 Å². The van der Waals surface area contributed by atoms with Crippen LogP contribution >= 0.6 is 0 Å². The van der Waals surface area contributed by atoms with Crippen molar-refractivity contribution < 1.29 is 4.79 Å². The molecular formula is C12H15NO. The Balaban J connectivity index is 1.98. The van der Waals surface area contributed by atoms with Crippen LogP contribution in [0.3, 0.4) is 0 Å². The molecule has 0 bridgehead atoms. The Morgan fingerprint density at radius 1 is 1.43 bits per heavy atom. The molecule has 1 saturated carbocycles. The van der Waals surface area contributed by atoms with Gasteiger partial charge >= 0.3 is 0 Å². The van der Waals surface area contributed by atoms with Crippen molar-refractivity contribution in [3.05, 3.63) is 35.4 Å². The van der Waals surface area contributed by atoms with E-state index in [0.717, 1.165) is 11.1 Å². The number of benzene rings is 1. The smallest absolute Gasteiger partial charge is 0.176 e. The zero-order valence-electron chi connectivity index (χ0n) is 8.42. The number of Topliss-reactive ketones (excluding diaryl/α,β-unsaturated/α-hetero) is 1. The fourth-order valence-electron chi connectivity index (χ4n) is 1.51. The average Bonchev–Trinajstić information content (AvgIpc) is 2.98. The van der Waals surface area contributed by atoms with Crippen LogP contribution in [0.4, 0.5) is 0 Å². The summed E-state index contributed by atoms with van der Waals surface area (Å²) >= 11 is 0. The lowest BCUT2D eigenvalue weighted by atomic mass is 10.1. The second-order valence-corrected chi connectivity index (χ2v) is 3.89. The van der Waals surface area contributed by atoms with Crippen molar-refractivity contribution in [3.8, 4) is 0 Å². The molecule has 1 aromatic carbocycles. The predicted molar refractivity (Wildman–Crippen MR) is 56.5 cm³/mol. The number of carbonyl (C=O) groups is 1. The van der Waals surface area contributed by atoms with E-state index in [1.807, 2.05) is 31.2 Å². The molecule has 2 rings (SSSR count). The van der Waals surface area contributed by atoms with Gasteiger partial charge < -0.3 is 5.32 Å². The minimum absolute atomic E-state index is 0.204. The Kier molecular flexibility index (Phi) is 2.64. The quantitative estimate of drug-likeness (QED) is 0.733. The van der Waals surface area contributed by atoms with Crippen molar-refractivity contribution in [2.75, 3.05) is 6.54 Å². The Morgan fingerprint density at radius 2 is 2.14 bits per heavy atom. The Bertz CT molecular complexity index is 342. The maximum Gasteiger partial charge on any atom is 0.176 e. The van der Waals surface area contributed by atoms with Crippen molar-refractivity contribution in [2.45, 2.75) is 25.8 Å². The van der Waals surface area contributed by atoms with Gasteiger partial charge in [0.25, 0.3) is 0 Å². The Hall–Kier alpha value is -1.15. The molecule has 2 nitrogen and oxygen atoms in total. The van der Waals surface area contributed by atoms with Crippen molar-refractivity contribution in [1.29, 1.82) is 0 Å². The molecule has 0 radical (unpaired) electrons. The van der Waals surface area contributed by atoms with Gasteiger partial charge in [0.05, 0.1) is 6.54 Å². The monoisotopic (exact) mass is 189 g/mol. The molecule has 0 aliphatic heterocycles. The highest BCUT2D eigenvalue weighted by atomic mass is 16.1. The van der Waals surface area contributed by atoms with Crippen LogP contribution in [0.25, 0.3) is 0 Å². The molecule has 0 saturated heterocycles. The summed E-state index contributed by atoms with van der Waals surface area (Å²) in [5.41, 5.74) is 1.91. The summed E-state index contributed by atoms with van der Waals surface area (Å²) in [7, 11) is 0. The molecule has 1 aliphatic carbocycles. The van der Waals surface area contributed by atoms with Gasteiger partial charge in [-0.05, 0) is 25.3 Å². The SMILES string of the molecule is Cc1ccccc1C(=O)CNC1CC1. The predicted octanol–water partition coefficient (Wildman–Crippen LogP) is 1.93. The first-order chi connectivity index (χ1) is 6.77. The number of rotatable bonds is 4. The maximum atomic E-state index is 11.7. The second-order valence-electron chi connectivity index (χ2n) is 3.89. The zero-order chi connectivity index (χ0) is 9.97. The van der Waals surface area contributed by atoms with E-state index < -0.39 is 0 Å². The van der Waals surface area contributed by atoms with Crippen molar-refractivity contribution >= 4 is 5.78 Å². The largest absolute Gasteiger partial charge is 0.307 e. The summed E-state index contributed by atoms with van der Waals surface area (Å²) in [6.45, 7) is 2.46. The van der Waals surface area contributed by atoms with Crippen LogP contribution in [0.2, 0.25) is 0 Å². The molecule has 1 N–H and O–H groups in total. The summed E-state index contributed by atoms with van der Waals surface area (Å²) in [5.74, 6) is 0.204. The molecule has 1 aromatic rings. The van der Waals surface area contributed by atoms with Crippen LogP contribution in [0.1, 0.15) is 28.8 Å². The summed E-state index contributed by atoms with van der Waals surface area (Å²) in [6.07, 6.45) is 2.45. The van der Waals surface area contributed by atoms with Gasteiger partial charge in [0.2, 0.25) is 0 Å². The van der Waals surface area contributed by atoms with E-state index in [1.54, 1.807) is 0 Å². The van der Waals surface area contributed by atoms with Gasteiger partial charge in [0.1, 0.15) is 0 Å². The molecule has 1 fully saturated rings. The lowest BCUT2D eigenvalue weighted by Crippen LogP contribution is -2.25. The highest BCUT2D eigenvalue weighted by Crippen LogP contribution is 2.18. The third-order valence-electron chi connectivity index (χ3n) is 2.57. The lowest BCUT2D eigenvalue weighted by Gasteiger charge is -2.04. The van der Waals surface area contributed by atoms with Crippen LogP contribution < -0.4 is 5.32 Å². The molecule has 0 aromatic heterocycles. The first kappa shape index (κ1) is 9.41. The Morgan fingerprint density at radius 3 is 2.79 bits per heavy atom.